The predicted octanol–water partition coefficient (Wildman–Crippen LogP) is 1.10. The largest absolute Gasteiger partial charge is 0.380 e. The minimum atomic E-state index is 0.657. The molecule has 1 N–H and O–H groups in total. The summed E-state index contributed by atoms with van der Waals surface area (Å²) in [5, 5.41) is 3.62. The van der Waals surface area contributed by atoms with E-state index in [9.17, 15) is 0 Å². The van der Waals surface area contributed by atoms with Gasteiger partial charge in [0.25, 0.3) is 0 Å². The zero-order chi connectivity index (χ0) is 10.7. The Bertz CT molecular complexity index is 188. The van der Waals surface area contributed by atoms with Crippen LogP contribution >= 0.6 is 0 Å². The topological polar surface area (TPSA) is 24.5 Å². The number of nitrogens with zero attached hydrogens (tertiary/aromatic N) is 1. The first kappa shape index (κ1) is 11.4. The quantitative estimate of drug-likeness (QED) is 0.713. The first-order valence-corrected chi connectivity index (χ1v) is 6.32. The standard InChI is InChI=1S/C12H24N2O/c1-3-13-12(10-4-5-10)8-14(2)11-6-7-15-9-11/h10-13H,3-9H2,1-2H3. The maximum Gasteiger partial charge on any atom is 0.0622 e. The van der Waals surface area contributed by atoms with Crippen LogP contribution in [0.2, 0.25) is 0 Å². The van der Waals surface area contributed by atoms with Crippen molar-refractivity contribution in [1.82, 2.24) is 10.2 Å². The maximum absolute atomic E-state index is 5.43. The second kappa shape index (κ2) is 5.28. The molecule has 1 aliphatic heterocycles. The third-order valence-electron chi connectivity index (χ3n) is 3.67. The van der Waals surface area contributed by atoms with Crippen molar-refractivity contribution in [3.8, 4) is 0 Å². The molecule has 0 aromatic rings. The van der Waals surface area contributed by atoms with Crippen molar-refractivity contribution in [3.05, 3.63) is 0 Å². The van der Waals surface area contributed by atoms with E-state index >= 15 is 0 Å². The molecule has 88 valence electrons. The molecule has 3 heteroatoms. The highest BCUT2D eigenvalue weighted by Crippen LogP contribution is 2.33. The molecule has 15 heavy (non-hydrogen) atoms. The summed E-state index contributed by atoms with van der Waals surface area (Å²) in [7, 11) is 2.24. The van der Waals surface area contributed by atoms with E-state index in [1.54, 1.807) is 0 Å². The summed E-state index contributed by atoms with van der Waals surface area (Å²) in [6, 6.07) is 1.37. The van der Waals surface area contributed by atoms with Crippen LogP contribution in [-0.2, 0) is 4.74 Å². The van der Waals surface area contributed by atoms with Crippen LogP contribution in [0, 0.1) is 5.92 Å². The van der Waals surface area contributed by atoms with E-state index in [-0.39, 0.29) is 0 Å². The Morgan fingerprint density at radius 2 is 2.20 bits per heavy atom. The van der Waals surface area contributed by atoms with Gasteiger partial charge in [0.2, 0.25) is 0 Å². The van der Waals surface area contributed by atoms with Gasteiger partial charge in [-0.2, -0.15) is 0 Å². The summed E-state index contributed by atoms with van der Waals surface area (Å²) >= 11 is 0. The first-order chi connectivity index (χ1) is 7.31. The third-order valence-corrected chi connectivity index (χ3v) is 3.67. The van der Waals surface area contributed by atoms with Gasteiger partial charge in [-0.1, -0.05) is 6.92 Å². The molecule has 0 aromatic carbocycles. The fourth-order valence-corrected chi connectivity index (χ4v) is 2.47. The maximum atomic E-state index is 5.43. The van der Waals surface area contributed by atoms with Crippen molar-refractivity contribution in [2.45, 2.75) is 38.3 Å². The molecule has 1 saturated carbocycles. The highest BCUT2D eigenvalue weighted by Gasteiger charge is 2.32. The second-order valence-corrected chi connectivity index (χ2v) is 4.96. The van der Waals surface area contributed by atoms with Gasteiger partial charge in [0, 0.05) is 25.2 Å². The van der Waals surface area contributed by atoms with E-state index in [4.69, 9.17) is 4.74 Å². The Morgan fingerprint density at radius 3 is 2.73 bits per heavy atom. The van der Waals surface area contributed by atoms with E-state index in [2.05, 4.69) is 24.2 Å². The monoisotopic (exact) mass is 212 g/mol. The van der Waals surface area contributed by atoms with Gasteiger partial charge >= 0.3 is 0 Å². The predicted molar refractivity (Wildman–Crippen MR) is 62.0 cm³/mol. The summed E-state index contributed by atoms with van der Waals surface area (Å²) in [6.07, 6.45) is 4.05. The lowest BCUT2D eigenvalue weighted by molar-refractivity contribution is 0.150. The summed E-state index contributed by atoms with van der Waals surface area (Å²) in [5.41, 5.74) is 0. The molecule has 1 aliphatic carbocycles. The van der Waals surface area contributed by atoms with Crippen LogP contribution in [0.25, 0.3) is 0 Å². The fourth-order valence-electron chi connectivity index (χ4n) is 2.47. The molecule has 0 radical (unpaired) electrons. The van der Waals surface area contributed by atoms with Crippen molar-refractivity contribution in [1.29, 1.82) is 0 Å². The Balaban J connectivity index is 1.76. The second-order valence-electron chi connectivity index (χ2n) is 4.96. The Kier molecular flexibility index (Phi) is 4.00. The minimum absolute atomic E-state index is 0.657. The molecular formula is C12H24N2O. The van der Waals surface area contributed by atoms with Crippen LogP contribution in [0.3, 0.4) is 0 Å². The molecule has 2 fully saturated rings. The Labute approximate surface area is 93.2 Å². The van der Waals surface area contributed by atoms with E-state index in [1.807, 2.05) is 0 Å². The van der Waals surface area contributed by atoms with Gasteiger partial charge in [0.1, 0.15) is 0 Å². The zero-order valence-corrected chi connectivity index (χ0v) is 10.0. The molecule has 0 aromatic heterocycles. The van der Waals surface area contributed by atoms with Crippen molar-refractivity contribution >= 4 is 0 Å². The molecule has 2 aliphatic rings. The van der Waals surface area contributed by atoms with Gasteiger partial charge in [0.15, 0.2) is 0 Å². The lowest BCUT2D eigenvalue weighted by Gasteiger charge is -2.28. The normalized spacial score (nSPS) is 28.6. The summed E-state index contributed by atoms with van der Waals surface area (Å²) < 4.78 is 5.43. The van der Waals surface area contributed by atoms with Crippen LogP contribution in [-0.4, -0.2) is 50.3 Å². The SMILES string of the molecule is CCNC(CN(C)C1CCOC1)C1CC1. The summed E-state index contributed by atoms with van der Waals surface area (Å²) in [4.78, 5) is 2.48. The fraction of sp³-hybridized carbons (Fsp3) is 1.00. The molecule has 0 spiro atoms. The average Bonchev–Trinajstić information content (AvgIpc) is 2.92. The molecule has 0 bridgehead atoms. The van der Waals surface area contributed by atoms with Gasteiger partial charge in [-0.3, -0.25) is 4.90 Å². The lowest BCUT2D eigenvalue weighted by Crippen LogP contribution is -2.45. The number of likely N-dealkylation sites (N-methyl/N-ethyl adjacent to an activating group) is 2. The molecule has 1 heterocycles. The zero-order valence-electron chi connectivity index (χ0n) is 10.0. The average molecular weight is 212 g/mol. The van der Waals surface area contributed by atoms with E-state index in [0.29, 0.717) is 12.1 Å². The highest BCUT2D eigenvalue weighted by molar-refractivity contribution is 4.89. The first-order valence-electron chi connectivity index (χ1n) is 6.32. The summed E-state index contributed by atoms with van der Waals surface area (Å²) in [6.45, 7) is 6.36. The van der Waals surface area contributed by atoms with Crippen LogP contribution in [0.5, 0.6) is 0 Å². The molecular weight excluding hydrogens is 188 g/mol. The number of hydrogen-bond donors (Lipinski definition) is 1. The lowest BCUT2D eigenvalue weighted by atomic mass is 10.1. The Morgan fingerprint density at radius 1 is 1.40 bits per heavy atom. The number of ether oxygens (including phenoxy) is 1. The smallest absolute Gasteiger partial charge is 0.0622 e. The molecule has 0 amide bonds. The number of hydrogen-bond acceptors (Lipinski definition) is 3. The van der Waals surface area contributed by atoms with Crippen molar-refractivity contribution in [3.63, 3.8) is 0 Å². The van der Waals surface area contributed by atoms with Crippen molar-refractivity contribution in [2.75, 3.05) is 33.4 Å². The van der Waals surface area contributed by atoms with E-state index in [0.717, 1.165) is 25.7 Å². The van der Waals surface area contributed by atoms with Crippen LogP contribution in [0.4, 0.5) is 0 Å². The molecule has 2 rings (SSSR count). The number of rotatable bonds is 6. The van der Waals surface area contributed by atoms with Gasteiger partial charge in [-0.15, -0.1) is 0 Å². The van der Waals surface area contributed by atoms with Crippen LogP contribution < -0.4 is 5.32 Å². The number of nitrogens with one attached hydrogen (secondary N) is 1. The molecule has 1 saturated heterocycles. The Hall–Kier alpha value is -0.120. The van der Waals surface area contributed by atoms with Gasteiger partial charge < -0.3 is 10.1 Å². The third kappa shape index (κ3) is 3.16. The van der Waals surface area contributed by atoms with Crippen molar-refractivity contribution < 1.29 is 4.74 Å². The molecule has 3 nitrogen and oxygen atoms in total. The van der Waals surface area contributed by atoms with E-state index < -0.39 is 0 Å². The van der Waals surface area contributed by atoms with Gasteiger partial charge in [-0.05, 0) is 38.8 Å². The van der Waals surface area contributed by atoms with Gasteiger partial charge in [-0.25, -0.2) is 0 Å². The minimum Gasteiger partial charge on any atom is -0.380 e. The molecule has 2 unspecified atom stereocenters. The van der Waals surface area contributed by atoms with Crippen molar-refractivity contribution in [2.24, 2.45) is 5.92 Å². The highest BCUT2D eigenvalue weighted by atomic mass is 16.5. The van der Waals surface area contributed by atoms with Gasteiger partial charge in [0.05, 0.1) is 6.61 Å². The van der Waals surface area contributed by atoms with Crippen LogP contribution in [0.1, 0.15) is 26.2 Å². The van der Waals surface area contributed by atoms with E-state index in [1.165, 1.54) is 25.8 Å². The summed E-state index contributed by atoms with van der Waals surface area (Å²) in [5.74, 6) is 0.940. The molecule has 2 atom stereocenters. The van der Waals surface area contributed by atoms with Crippen LogP contribution in [0.15, 0.2) is 0 Å².